The summed E-state index contributed by atoms with van der Waals surface area (Å²) >= 11 is 0. The van der Waals surface area contributed by atoms with Crippen LogP contribution in [0.15, 0.2) is 18.5 Å². The van der Waals surface area contributed by atoms with Crippen LogP contribution < -0.4 is 9.80 Å². The van der Waals surface area contributed by atoms with E-state index < -0.39 is 0 Å². The first-order chi connectivity index (χ1) is 14.5. The van der Waals surface area contributed by atoms with Gasteiger partial charge in [-0.3, -0.25) is 9.67 Å². The summed E-state index contributed by atoms with van der Waals surface area (Å²) in [6, 6.07) is 2.28. The lowest BCUT2D eigenvalue weighted by molar-refractivity contribution is 0.696. The SMILES string of the molecule is Cc1nn(C)cc1-c1cnc2c(c1)CN(c1nc(N3CCCC3)nc(C)c1C)CC2. The molecule has 0 radical (unpaired) electrons. The fraction of sp³-hybridized carbons (Fsp3) is 0.478. The molecule has 0 atom stereocenters. The zero-order valence-electron chi connectivity index (χ0n) is 18.3. The molecule has 1 saturated heterocycles. The summed E-state index contributed by atoms with van der Waals surface area (Å²) in [4.78, 5) is 19.3. The average Bonchev–Trinajstić information content (AvgIpc) is 3.38. The van der Waals surface area contributed by atoms with Crippen molar-refractivity contribution in [3.63, 3.8) is 0 Å². The minimum atomic E-state index is 0.826. The molecule has 2 aliphatic rings. The van der Waals surface area contributed by atoms with Gasteiger partial charge in [0.05, 0.1) is 5.69 Å². The number of anilines is 2. The third-order valence-electron chi connectivity index (χ3n) is 6.40. The van der Waals surface area contributed by atoms with Crippen molar-refractivity contribution in [3.05, 3.63) is 46.7 Å². The number of rotatable bonds is 3. The summed E-state index contributed by atoms with van der Waals surface area (Å²) in [6.45, 7) is 10.2. The molecule has 5 heterocycles. The summed E-state index contributed by atoms with van der Waals surface area (Å²) in [7, 11) is 1.96. The lowest BCUT2D eigenvalue weighted by Crippen LogP contribution is -2.33. The van der Waals surface area contributed by atoms with Gasteiger partial charge in [-0.15, -0.1) is 0 Å². The Balaban J connectivity index is 1.48. The Labute approximate surface area is 177 Å². The van der Waals surface area contributed by atoms with Crippen molar-refractivity contribution in [2.75, 3.05) is 29.4 Å². The second kappa shape index (κ2) is 7.38. The van der Waals surface area contributed by atoms with E-state index in [-0.39, 0.29) is 0 Å². The van der Waals surface area contributed by atoms with Crippen LogP contribution in [-0.2, 0) is 20.0 Å². The summed E-state index contributed by atoms with van der Waals surface area (Å²) < 4.78 is 1.86. The maximum Gasteiger partial charge on any atom is 0.227 e. The third kappa shape index (κ3) is 3.32. The van der Waals surface area contributed by atoms with Crippen molar-refractivity contribution < 1.29 is 0 Å². The molecule has 0 saturated carbocycles. The van der Waals surface area contributed by atoms with Crippen LogP contribution in [-0.4, -0.2) is 44.4 Å². The smallest absolute Gasteiger partial charge is 0.227 e. The van der Waals surface area contributed by atoms with Crippen LogP contribution in [0, 0.1) is 20.8 Å². The van der Waals surface area contributed by atoms with Gasteiger partial charge in [-0.05, 0) is 45.2 Å². The molecular weight excluding hydrogens is 374 g/mol. The fourth-order valence-corrected chi connectivity index (χ4v) is 4.60. The number of hydrogen-bond acceptors (Lipinski definition) is 6. The largest absolute Gasteiger partial charge is 0.351 e. The van der Waals surface area contributed by atoms with Crippen molar-refractivity contribution in [2.24, 2.45) is 7.05 Å². The zero-order valence-corrected chi connectivity index (χ0v) is 18.3. The van der Waals surface area contributed by atoms with Crippen LogP contribution >= 0.6 is 0 Å². The van der Waals surface area contributed by atoms with E-state index in [4.69, 9.17) is 15.0 Å². The molecule has 0 amide bonds. The molecule has 156 valence electrons. The maximum absolute atomic E-state index is 5.02. The highest BCUT2D eigenvalue weighted by molar-refractivity contribution is 5.66. The molecule has 0 N–H and O–H groups in total. The Morgan fingerprint density at radius 3 is 2.47 bits per heavy atom. The number of hydrogen-bond donors (Lipinski definition) is 0. The van der Waals surface area contributed by atoms with Crippen molar-refractivity contribution >= 4 is 11.8 Å². The van der Waals surface area contributed by atoms with Crippen molar-refractivity contribution in [1.29, 1.82) is 0 Å². The van der Waals surface area contributed by atoms with Crippen LogP contribution in [0.25, 0.3) is 11.1 Å². The van der Waals surface area contributed by atoms with Gasteiger partial charge in [0.15, 0.2) is 0 Å². The van der Waals surface area contributed by atoms with E-state index in [9.17, 15) is 0 Å². The number of aryl methyl sites for hydroxylation is 3. The molecule has 1 fully saturated rings. The number of aromatic nitrogens is 5. The topological polar surface area (TPSA) is 63.0 Å². The molecule has 3 aromatic rings. The molecule has 30 heavy (non-hydrogen) atoms. The van der Waals surface area contributed by atoms with Gasteiger partial charge < -0.3 is 9.80 Å². The third-order valence-corrected chi connectivity index (χ3v) is 6.40. The van der Waals surface area contributed by atoms with E-state index in [1.54, 1.807) is 0 Å². The lowest BCUT2D eigenvalue weighted by atomic mass is 10.0. The van der Waals surface area contributed by atoms with Crippen LogP contribution in [0.4, 0.5) is 11.8 Å². The van der Waals surface area contributed by atoms with E-state index in [1.165, 1.54) is 29.7 Å². The van der Waals surface area contributed by atoms with Gasteiger partial charge in [0.2, 0.25) is 5.95 Å². The Bertz CT molecular complexity index is 1100. The van der Waals surface area contributed by atoms with Crippen LogP contribution in [0.3, 0.4) is 0 Å². The van der Waals surface area contributed by atoms with Crippen molar-refractivity contribution in [3.8, 4) is 11.1 Å². The van der Waals surface area contributed by atoms with Gasteiger partial charge in [-0.25, -0.2) is 4.98 Å². The van der Waals surface area contributed by atoms with Gasteiger partial charge in [-0.1, -0.05) is 0 Å². The summed E-state index contributed by atoms with van der Waals surface area (Å²) in [5, 5.41) is 4.49. The molecule has 7 nitrogen and oxygen atoms in total. The highest BCUT2D eigenvalue weighted by atomic mass is 15.3. The number of fused-ring (bicyclic) bond motifs is 1. The molecular formula is C23H29N7. The van der Waals surface area contributed by atoms with Crippen molar-refractivity contribution in [2.45, 2.75) is 46.6 Å². The molecule has 3 aromatic heterocycles. The normalized spacial score (nSPS) is 16.3. The monoisotopic (exact) mass is 403 g/mol. The fourth-order valence-electron chi connectivity index (χ4n) is 4.60. The van der Waals surface area contributed by atoms with E-state index in [1.807, 2.05) is 24.9 Å². The van der Waals surface area contributed by atoms with Gasteiger partial charge in [-0.2, -0.15) is 10.1 Å². The standard InChI is InChI=1S/C23H29N7/c1-15-16(2)25-23(29-8-5-6-9-29)26-22(15)30-10-7-21-19(13-30)11-18(12-24-21)20-14-28(4)27-17(20)3/h11-12,14H,5-10,13H2,1-4H3. The molecule has 0 aromatic carbocycles. The Hall–Kier alpha value is -2.96. The van der Waals surface area contributed by atoms with E-state index in [0.29, 0.717) is 0 Å². The molecule has 0 bridgehead atoms. The van der Waals surface area contributed by atoms with E-state index >= 15 is 0 Å². The zero-order chi connectivity index (χ0) is 20.8. The predicted octanol–water partition coefficient (Wildman–Crippen LogP) is 3.36. The number of pyridine rings is 1. The Morgan fingerprint density at radius 1 is 0.933 bits per heavy atom. The quantitative estimate of drug-likeness (QED) is 0.668. The highest BCUT2D eigenvalue weighted by Crippen LogP contribution is 2.31. The van der Waals surface area contributed by atoms with Crippen molar-refractivity contribution in [1.82, 2.24) is 24.7 Å². The molecule has 2 aliphatic heterocycles. The maximum atomic E-state index is 5.02. The minimum absolute atomic E-state index is 0.826. The highest BCUT2D eigenvalue weighted by Gasteiger charge is 2.24. The summed E-state index contributed by atoms with van der Waals surface area (Å²) in [5.41, 5.74) is 8.04. The predicted molar refractivity (Wildman–Crippen MR) is 119 cm³/mol. The minimum Gasteiger partial charge on any atom is -0.351 e. The van der Waals surface area contributed by atoms with E-state index in [2.05, 4.69) is 41.0 Å². The lowest BCUT2D eigenvalue weighted by Gasteiger charge is -2.31. The first kappa shape index (κ1) is 19.0. The molecule has 7 heteroatoms. The van der Waals surface area contributed by atoms with Gasteiger partial charge in [0.25, 0.3) is 0 Å². The van der Waals surface area contributed by atoms with Gasteiger partial charge in [0.1, 0.15) is 5.82 Å². The summed E-state index contributed by atoms with van der Waals surface area (Å²) in [6.07, 6.45) is 7.45. The first-order valence-corrected chi connectivity index (χ1v) is 10.8. The second-order valence-corrected chi connectivity index (χ2v) is 8.55. The van der Waals surface area contributed by atoms with Crippen LogP contribution in [0.2, 0.25) is 0 Å². The van der Waals surface area contributed by atoms with Crippen LogP contribution in [0.1, 0.15) is 41.1 Å². The summed E-state index contributed by atoms with van der Waals surface area (Å²) in [5.74, 6) is 1.95. The second-order valence-electron chi connectivity index (χ2n) is 8.55. The van der Waals surface area contributed by atoms with Gasteiger partial charge >= 0.3 is 0 Å². The van der Waals surface area contributed by atoms with Gasteiger partial charge in [0, 0.05) is 80.1 Å². The molecule has 0 unspecified atom stereocenters. The molecule has 0 aliphatic carbocycles. The van der Waals surface area contributed by atoms with Crippen LogP contribution in [0.5, 0.6) is 0 Å². The molecule has 0 spiro atoms. The first-order valence-electron chi connectivity index (χ1n) is 10.8. The molecule has 5 rings (SSSR count). The average molecular weight is 404 g/mol. The van der Waals surface area contributed by atoms with E-state index in [0.717, 1.165) is 66.9 Å². The Morgan fingerprint density at radius 2 is 1.73 bits per heavy atom. The number of nitrogens with zero attached hydrogens (tertiary/aromatic N) is 7. The Kier molecular flexibility index (Phi) is 4.68.